The van der Waals surface area contributed by atoms with Gasteiger partial charge in [-0.05, 0) is 75.6 Å². The molecular weight excluding hydrogens is 496 g/mol. The van der Waals surface area contributed by atoms with Crippen molar-refractivity contribution < 1.29 is 28.6 Å². The molecule has 8 nitrogen and oxygen atoms in total. The summed E-state index contributed by atoms with van der Waals surface area (Å²) in [6.07, 6.45) is 2.74. The predicted molar refractivity (Wildman–Crippen MR) is 152 cm³/mol. The number of hydrogen-bond donors (Lipinski definition) is 1. The maximum Gasteiger partial charge on any atom is 0.305 e. The molecule has 0 aliphatic heterocycles. The first-order valence-corrected chi connectivity index (χ1v) is 13.1. The normalized spacial score (nSPS) is 10.5. The second-order valence-electron chi connectivity index (χ2n) is 9.03. The van der Waals surface area contributed by atoms with Crippen molar-refractivity contribution in [2.45, 2.75) is 39.5 Å². The van der Waals surface area contributed by atoms with Crippen molar-refractivity contribution in [3.63, 3.8) is 0 Å². The summed E-state index contributed by atoms with van der Waals surface area (Å²) in [6, 6.07) is 19.6. The number of hydrogen-bond acceptors (Lipinski definition) is 6. The smallest absolute Gasteiger partial charge is 0.305 e. The minimum atomic E-state index is -0.303. The first-order valence-electron chi connectivity index (χ1n) is 13.1. The first-order chi connectivity index (χ1) is 18.8. The van der Waals surface area contributed by atoms with Crippen molar-refractivity contribution in [3.05, 3.63) is 83.4 Å². The highest BCUT2D eigenvalue weighted by molar-refractivity contribution is 6.10. The van der Waals surface area contributed by atoms with Gasteiger partial charge in [-0.15, -0.1) is 0 Å². The summed E-state index contributed by atoms with van der Waals surface area (Å²) in [5.41, 5.74) is 3.08. The summed E-state index contributed by atoms with van der Waals surface area (Å²) in [7, 11) is 3.13. The maximum absolute atomic E-state index is 13.5. The van der Waals surface area contributed by atoms with Crippen LogP contribution < -0.4 is 19.7 Å². The van der Waals surface area contributed by atoms with Gasteiger partial charge >= 0.3 is 5.97 Å². The van der Waals surface area contributed by atoms with Crippen LogP contribution in [0.3, 0.4) is 0 Å². The first kappa shape index (κ1) is 29.2. The molecule has 0 radical (unpaired) electrons. The van der Waals surface area contributed by atoms with E-state index in [1.807, 2.05) is 55.5 Å². The Labute approximate surface area is 229 Å². The fourth-order valence-corrected chi connectivity index (χ4v) is 3.96. The molecule has 0 saturated heterocycles. The molecule has 0 atom stereocenters. The Kier molecular flexibility index (Phi) is 10.9. The van der Waals surface area contributed by atoms with E-state index in [0.29, 0.717) is 53.6 Å². The zero-order chi connectivity index (χ0) is 28.2. The number of carbonyl (C=O) groups excluding carboxylic acids is 3. The zero-order valence-corrected chi connectivity index (χ0v) is 23.0. The lowest BCUT2D eigenvalue weighted by Crippen LogP contribution is -2.27. The molecule has 0 aromatic heterocycles. The number of carbonyl (C=O) groups is 3. The quantitative estimate of drug-likeness (QED) is 0.213. The SMILES string of the molecule is CCOC(=O)CCCCCOc1ccccc1N(C)C(=O)c1ccc(C(=O)Nc2ccc(C)cc2)cc1OC. The third-order valence-electron chi connectivity index (χ3n) is 6.12. The van der Waals surface area contributed by atoms with Crippen LogP contribution >= 0.6 is 0 Å². The molecule has 39 heavy (non-hydrogen) atoms. The average molecular weight is 533 g/mol. The largest absolute Gasteiger partial charge is 0.496 e. The van der Waals surface area contributed by atoms with Gasteiger partial charge in [0.2, 0.25) is 0 Å². The number of aryl methyl sites for hydroxylation is 1. The van der Waals surface area contributed by atoms with Gasteiger partial charge < -0.3 is 24.4 Å². The van der Waals surface area contributed by atoms with Crippen molar-refractivity contribution >= 4 is 29.2 Å². The summed E-state index contributed by atoms with van der Waals surface area (Å²) in [5.74, 6) is 0.0859. The Balaban J connectivity index is 1.65. The fourth-order valence-electron chi connectivity index (χ4n) is 3.96. The molecule has 3 aromatic rings. The van der Waals surface area contributed by atoms with Gasteiger partial charge in [-0.1, -0.05) is 29.8 Å². The number of nitrogens with one attached hydrogen (secondary N) is 1. The van der Waals surface area contributed by atoms with Crippen molar-refractivity contribution in [1.29, 1.82) is 0 Å². The summed E-state index contributed by atoms with van der Waals surface area (Å²) in [4.78, 5) is 39.2. The molecule has 0 heterocycles. The number of esters is 1. The summed E-state index contributed by atoms with van der Waals surface area (Å²) < 4.78 is 16.4. The molecular formula is C31H36N2O6. The van der Waals surface area contributed by atoms with Crippen molar-refractivity contribution in [1.82, 2.24) is 0 Å². The monoisotopic (exact) mass is 532 g/mol. The van der Waals surface area contributed by atoms with Crippen LogP contribution in [-0.4, -0.2) is 45.2 Å². The number of amides is 2. The minimum Gasteiger partial charge on any atom is -0.496 e. The Morgan fingerprint density at radius 3 is 2.36 bits per heavy atom. The van der Waals surface area contributed by atoms with Crippen LogP contribution in [0, 0.1) is 6.92 Å². The predicted octanol–water partition coefficient (Wildman–Crippen LogP) is 6.03. The van der Waals surface area contributed by atoms with Gasteiger partial charge in [0.1, 0.15) is 11.5 Å². The molecule has 0 fully saturated rings. The van der Waals surface area contributed by atoms with E-state index >= 15 is 0 Å². The fraction of sp³-hybridized carbons (Fsp3) is 0.323. The number of anilines is 2. The van der Waals surface area contributed by atoms with E-state index in [9.17, 15) is 14.4 Å². The summed E-state index contributed by atoms with van der Waals surface area (Å²) in [6.45, 7) is 4.62. The number of unbranched alkanes of at least 4 members (excludes halogenated alkanes) is 2. The number of nitrogens with zero attached hydrogens (tertiary/aromatic N) is 1. The molecule has 3 aromatic carbocycles. The van der Waals surface area contributed by atoms with Gasteiger partial charge in [0.25, 0.3) is 11.8 Å². The molecule has 0 unspecified atom stereocenters. The van der Waals surface area contributed by atoms with Crippen LogP contribution in [0.5, 0.6) is 11.5 Å². The van der Waals surface area contributed by atoms with Crippen LogP contribution in [0.2, 0.25) is 0 Å². The minimum absolute atomic E-state index is 0.181. The van der Waals surface area contributed by atoms with Gasteiger partial charge in [0.05, 0.1) is 31.6 Å². The van der Waals surface area contributed by atoms with Crippen molar-refractivity contribution in [2.24, 2.45) is 0 Å². The number of rotatable bonds is 13. The summed E-state index contributed by atoms with van der Waals surface area (Å²) >= 11 is 0. The molecule has 0 bridgehead atoms. The van der Waals surface area contributed by atoms with E-state index in [-0.39, 0.29) is 17.8 Å². The van der Waals surface area contributed by atoms with Crippen LogP contribution in [0.1, 0.15) is 58.9 Å². The molecule has 2 amide bonds. The Morgan fingerprint density at radius 1 is 0.897 bits per heavy atom. The van der Waals surface area contributed by atoms with Gasteiger partial charge in [-0.3, -0.25) is 14.4 Å². The van der Waals surface area contributed by atoms with Crippen LogP contribution in [0.15, 0.2) is 66.7 Å². The highest BCUT2D eigenvalue weighted by Crippen LogP contribution is 2.31. The second-order valence-corrected chi connectivity index (χ2v) is 9.03. The summed E-state index contributed by atoms with van der Waals surface area (Å²) in [5, 5.41) is 2.86. The van der Waals surface area contributed by atoms with Gasteiger partial charge in [-0.2, -0.15) is 0 Å². The Bertz CT molecular complexity index is 1270. The van der Waals surface area contributed by atoms with E-state index in [1.165, 1.54) is 12.0 Å². The Morgan fingerprint density at radius 2 is 1.64 bits per heavy atom. The lowest BCUT2D eigenvalue weighted by molar-refractivity contribution is -0.143. The third-order valence-corrected chi connectivity index (χ3v) is 6.12. The molecule has 1 N–H and O–H groups in total. The molecule has 3 rings (SSSR count). The van der Waals surface area contributed by atoms with Crippen LogP contribution in [0.25, 0.3) is 0 Å². The highest BCUT2D eigenvalue weighted by Gasteiger charge is 2.22. The second kappa shape index (κ2) is 14.6. The lowest BCUT2D eigenvalue weighted by Gasteiger charge is -2.22. The lowest BCUT2D eigenvalue weighted by atomic mass is 10.1. The highest BCUT2D eigenvalue weighted by atomic mass is 16.5. The van der Waals surface area contributed by atoms with E-state index in [0.717, 1.165) is 24.8 Å². The zero-order valence-electron chi connectivity index (χ0n) is 23.0. The average Bonchev–Trinajstić information content (AvgIpc) is 2.95. The van der Waals surface area contributed by atoms with E-state index < -0.39 is 0 Å². The van der Waals surface area contributed by atoms with E-state index in [4.69, 9.17) is 14.2 Å². The molecule has 0 spiro atoms. The van der Waals surface area contributed by atoms with Crippen LogP contribution in [0.4, 0.5) is 11.4 Å². The van der Waals surface area contributed by atoms with Crippen molar-refractivity contribution in [2.75, 3.05) is 37.6 Å². The number of ether oxygens (including phenoxy) is 3. The standard InChI is InChI=1S/C31H36N2O6/c1-5-38-29(34)13-7-6-10-20-39-27-12-9-8-11-26(27)33(3)31(36)25-19-16-23(21-28(25)37-4)30(35)32-24-17-14-22(2)15-18-24/h8-9,11-12,14-19,21H,5-7,10,13,20H2,1-4H3,(H,32,35). The topological polar surface area (TPSA) is 94.2 Å². The Hall–Kier alpha value is -4.33. The third kappa shape index (κ3) is 8.33. The number of benzene rings is 3. The molecule has 0 aliphatic rings. The molecule has 0 saturated carbocycles. The molecule has 206 valence electrons. The van der Waals surface area contributed by atoms with E-state index in [1.54, 1.807) is 32.2 Å². The van der Waals surface area contributed by atoms with Gasteiger partial charge in [0, 0.05) is 24.7 Å². The van der Waals surface area contributed by atoms with Crippen molar-refractivity contribution in [3.8, 4) is 11.5 Å². The van der Waals surface area contributed by atoms with Gasteiger partial charge in [-0.25, -0.2) is 0 Å². The molecule has 0 aliphatic carbocycles. The number of para-hydroxylation sites is 2. The number of methoxy groups -OCH3 is 1. The van der Waals surface area contributed by atoms with E-state index in [2.05, 4.69) is 5.32 Å². The van der Waals surface area contributed by atoms with Gasteiger partial charge in [0.15, 0.2) is 0 Å². The van der Waals surface area contributed by atoms with Crippen LogP contribution in [-0.2, 0) is 9.53 Å². The maximum atomic E-state index is 13.5. The molecule has 8 heteroatoms.